The third kappa shape index (κ3) is 4.39. The van der Waals surface area contributed by atoms with E-state index in [2.05, 4.69) is 5.32 Å². The van der Waals surface area contributed by atoms with E-state index in [9.17, 15) is 17.6 Å². The first-order valence-corrected chi connectivity index (χ1v) is 13.4. The van der Waals surface area contributed by atoms with Crippen LogP contribution in [-0.2, 0) is 27.5 Å². The van der Waals surface area contributed by atoms with Crippen LogP contribution in [0.25, 0.3) is 11.3 Å². The molecule has 7 nitrogen and oxygen atoms in total. The number of nitrogens with one attached hydrogen (secondary N) is 1. The average molecular weight is 476 g/mol. The lowest BCUT2D eigenvalue weighted by Gasteiger charge is -2.39. The van der Waals surface area contributed by atoms with E-state index in [0.717, 1.165) is 24.1 Å². The fraction of sp³-hybridized carbons (Fsp3) is 0.583. The molecule has 1 saturated carbocycles. The van der Waals surface area contributed by atoms with Crippen molar-refractivity contribution in [3.05, 3.63) is 35.3 Å². The lowest BCUT2D eigenvalue weighted by Crippen LogP contribution is -2.64. The minimum atomic E-state index is -3.05. The van der Waals surface area contributed by atoms with Crippen LogP contribution in [0.2, 0.25) is 0 Å². The molecule has 2 fully saturated rings. The Morgan fingerprint density at radius 3 is 2.64 bits per heavy atom. The van der Waals surface area contributed by atoms with Crippen LogP contribution < -0.4 is 10.1 Å². The van der Waals surface area contributed by atoms with Crippen LogP contribution in [0.5, 0.6) is 5.75 Å². The van der Waals surface area contributed by atoms with Crippen LogP contribution >= 0.6 is 0 Å². The first-order valence-electron chi connectivity index (χ1n) is 11.6. The number of sulfone groups is 1. The molecule has 2 aliphatic carbocycles. The molecule has 0 bridgehead atoms. The van der Waals surface area contributed by atoms with E-state index in [1.807, 2.05) is 18.5 Å². The number of nitrogens with zero attached hydrogens (tertiary/aromatic N) is 2. The maximum atomic E-state index is 14.9. The number of carbonyl (C=O) groups excluding carboxylic acids is 1. The van der Waals surface area contributed by atoms with Crippen molar-refractivity contribution in [2.75, 3.05) is 11.5 Å². The minimum absolute atomic E-state index is 0.0175. The van der Waals surface area contributed by atoms with Crippen molar-refractivity contribution >= 4 is 15.7 Å². The lowest BCUT2D eigenvalue weighted by atomic mass is 9.84. The van der Waals surface area contributed by atoms with Gasteiger partial charge in [0.15, 0.2) is 9.84 Å². The second kappa shape index (κ2) is 7.82. The summed E-state index contributed by atoms with van der Waals surface area (Å²) in [7, 11) is -3.05. The number of aromatic nitrogens is 2. The predicted octanol–water partition coefficient (Wildman–Crippen LogP) is 3.22. The molecule has 1 amide bonds. The number of hydrogen-bond donors (Lipinski definition) is 1. The molecule has 1 aliphatic heterocycles. The first kappa shape index (κ1) is 22.4. The van der Waals surface area contributed by atoms with E-state index in [1.165, 1.54) is 6.07 Å². The van der Waals surface area contributed by atoms with Gasteiger partial charge in [0.05, 0.1) is 28.8 Å². The average Bonchev–Trinajstić information content (AvgIpc) is 3.44. The molecule has 3 aliphatic rings. The topological polar surface area (TPSA) is 90.3 Å². The molecule has 0 unspecified atom stereocenters. The maximum Gasteiger partial charge on any atom is 0.223 e. The van der Waals surface area contributed by atoms with Crippen molar-refractivity contribution in [2.24, 2.45) is 5.92 Å². The maximum absolute atomic E-state index is 14.9. The highest BCUT2D eigenvalue weighted by molar-refractivity contribution is 7.93. The number of rotatable bonds is 6. The normalized spacial score (nSPS) is 23.0. The Kier molecular flexibility index (Phi) is 5.30. The molecule has 0 spiro atoms. The van der Waals surface area contributed by atoms with Crippen LogP contribution in [-0.4, -0.2) is 47.3 Å². The zero-order chi connectivity index (χ0) is 23.5. The van der Waals surface area contributed by atoms with E-state index < -0.39 is 15.4 Å². The van der Waals surface area contributed by atoms with Crippen LogP contribution in [0.1, 0.15) is 57.3 Å². The van der Waals surface area contributed by atoms with E-state index >= 15 is 0 Å². The summed E-state index contributed by atoms with van der Waals surface area (Å²) in [4.78, 5) is 13.0. The fourth-order valence-corrected chi connectivity index (χ4v) is 7.04. The molecule has 33 heavy (non-hydrogen) atoms. The molecular weight excluding hydrogens is 445 g/mol. The second-order valence-electron chi connectivity index (χ2n) is 10.3. The SMILES string of the molecule is CC(C)n1nc(-c2cc(OC3CC3)ccc2F)c2c1C[C@H](C(=O)NC1(C)CS(=O)(=O)C1)CC2. The van der Waals surface area contributed by atoms with Crippen LogP contribution in [0.3, 0.4) is 0 Å². The number of ether oxygens (including phenoxy) is 1. The molecular formula is C24H30FN3O4S. The van der Waals surface area contributed by atoms with Crippen molar-refractivity contribution < 1.29 is 22.3 Å². The summed E-state index contributed by atoms with van der Waals surface area (Å²) in [6, 6.07) is 4.88. The number of halogens is 1. The molecule has 1 aromatic heterocycles. The van der Waals surface area contributed by atoms with Gasteiger partial charge >= 0.3 is 0 Å². The molecule has 0 radical (unpaired) electrons. The number of fused-ring (bicyclic) bond motifs is 1. The summed E-state index contributed by atoms with van der Waals surface area (Å²) in [5, 5.41) is 7.74. The highest BCUT2D eigenvalue weighted by Gasteiger charge is 2.46. The van der Waals surface area contributed by atoms with Crippen LogP contribution in [0.4, 0.5) is 4.39 Å². The Balaban J connectivity index is 1.42. The molecule has 1 N–H and O–H groups in total. The summed E-state index contributed by atoms with van der Waals surface area (Å²) >= 11 is 0. The predicted molar refractivity (Wildman–Crippen MR) is 122 cm³/mol. The highest BCUT2D eigenvalue weighted by atomic mass is 32.2. The standard InChI is InChI=1S/C24H30FN3O4S/c1-14(2)28-21-10-15(23(29)26-24(3)12-33(30,31)13-24)4-8-18(21)22(27-28)19-11-17(7-9-20(19)25)32-16-5-6-16/h7,9,11,14-16H,4-6,8,10,12-13H2,1-3H3,(H,26,29)/t15-/m1/s1. The molecule has 2 aromatic rings. The number of amides is 1. The van der Waals surface area contributed by atoms with E-state index in [-0.39, 0.29) is 41.3 Å². The summed E-state index contributed by atoms with van der Waals surface area (Å²) in [5.41, 5.74) is 2.29. The lowest BCUT2D eigenvalue weighted by molar-refractivity contribution is -0.126. The third-order valence-corrected chi connectivity index (χ3v) is 8.84. The molecule has 1 atom stereocenters. The molecule has 2 heterocycles. The van der Waals surface area contributed by atoms with E-state index in [0.29, 0.717) is 36.3 Å². The monoisotopic (exact) mass is 475 g/mol. The molecule has 1 saturated heterocycles. The largest absolute Gasteiger partial charge is 0.490 e. The minimum Gasteiger partial charge on any atom is -0.490 e. The van der Waals surface area contributed by atoms with Gasteiger partial charge in [-0.25, -0.2) is 12.8 Å². The first-order chi connectivity index (χ1) is 15.5. The second-order valence-corrected chi connectivity index (χ2v) is 12.4. The van der Waals surface area contributed by atoms with Gasteiger partial charge in [-0.05, 0) is 64.7 Å². The highest BCUT2D eigenvalue weighted by Crippen LogP contribution is 2.38. The fourth-order valence-electron chi connectivity index (χ4n) is 5.04. The summed E-state index contributed by atoms with van der Waals surface area (Å²) < 4.78 is 45.8. The summed E-state index contributed by atoms with van der Waals surface area (Å²) in [6.07, 6.45) is 3.99. The van der Waals surface area contributed by atoms with Crippen molar-refractivity contribution in [1.82, 2.24) is 15.1 Å². The Hall–Kier alpha value is -2.42. The van der Waals surface area contributed by atoms with Crippen molar-refractivity contribution in [3.8, 4) is 17.0 Å². The zero-order valence-corrected chi connectivity index (χ0v) is 20.0. The van der Waals surface area contributed by atoms with Gasteiger partial charge in [-0.3, -0.25) is 9.48 Å². The summed E-state index contributed by atoms with van der Waals surface area (Å²) in [5.74, 6) is -0.116. The molecule has 5 rings (SSSR count). The number of carbonyl (C=O) groups is 1. The quantitative estimate of drug-likeness (QED) is 0.693. The summed E-state index contributed by atoms with van der Waals surface area (Å²) in [6.45, 7) is 5.81. The van der Waals surface area contributed by atoms with Gasteiger partial charge in [0.1, 0.15) is 11.6 Å². The smallest absolute Gasteiger partial charge is 0.223 e. The van der Waals surface area contributed by atoms with Gasteiger partial charge in [0.25, 0.3) is 0 Å². The molecule has 178 valence electrons. The van der Waals surface area contributed by atoms with Crippen molar-refractivity contribution in [3.63, 3.8) is 0 Å². The number of hydrogen-bond acceptors (Lipinski definition) is 5. The number of benzene rings is 1. The van der Waals surface area contributed by atoms with Gasteiger partial charge in [-0.2, -0.15) is 5.10 Å². The Morgan fingerprint density at radius 1 is 1.27 bits per heavy atom. The van der Waals surface area contributed by atoms with Gasteiger partial charge in [-0.15, -0.1) is 0 Å². The van der Waals surface area contributed by atoms with Crippen molar-refractivity contribution in [2.45, 2.75) is 70.6 Å². The van der Waals surface area contributed by atoms with Crippen molar-refractivity contribution in [1.29, 1.82) is 0 Å². The van der Waals surface area contributed by atoms with Gasteiger partial charge in [0, 0.05) is 35.2 Å². The molecule has 1 aromatic carbocycles. The third-order valence-electron chi connectivity index (χ3n) is 6.68. The van der Waals surface area contributed by atoms with E-state index in [1.54, 1.807) is 19.1 Å². The van der Waals surface area contributed by atoms with E-state index in [4.69, 9.17) is 9.84 Å². The Labute approximate surface area is 193 Å². The van der Waals surface area contributed by atoms with Crippen LogP contribution in [0.15, 0.2) is 18.2 Å². The zero-order valence-electron chi connectivity index (χ0n) is 19.2. The Morgan fingerprint density at radius 2 is 2.00 bits per heavy atom. The van der Waals surface area contributed by atoms with Gasteiger partial charge in [-0.1, -0.05) is 0 Å². The van der Waals surface area contributed by atoms with Gasteiger partial charge in [0.2, 0.25) is 5.91 Å². The molecule has 9 heteroatoms. The van der Waals surface area contributed by atoms with Crippen LogP contribution in [0, 0.1) is 11.7 Å². The Bertz CT molecular complexity index is 1200. The van der Waals surface area contributed by atoms with Gasteiger partial charge < -0.3 is 10.1 Å².